The Kier molecular flexibility index (Phi) is 5.77. The van der Waals surface area contributed by atoms with E-state index in [0.717, 1.165) is 5.69 Å². The summed E-state index contributed by atoms with van der Waals surface area (Å²) in [4.78, 5) is 20.6. The number of methoxy groups -OCH3 is 1. The van der Waals surface area contributed by atoms with Crippen molar-refractivity contribution in [1.82, 2.24) is 15.4 Å². The lowest BCUT2D eigenvalue weighted by atomic mass is 10.3. The van der Waals surface area contributed by atoms with Gasteiger partial charge in [-0.05, 0) is 24.3 Å². The number of anilines is 2. The van der Waals surface area contributed by atoms with Crippen LogP contribution >= 0.6 is 22.9 Å². The van der Waals surface area contributed by atoms with E-state index >= 15 is 0 Å². The average Bonchev–Trinajstić information content (AvgIpc) is 3.02. The van der Waals surface area contributed by atoms with E-state index in [1.165, 1.54) is 29.9 Å². The summed E-state index contributed by atoms with van der Waals surface area (Å²) in [5, 5.41) is 7.94. The second kappa shape index (κ2) is 8.41. The van der Waals surface area contributed by atoms with Crippen molar-refractivity contribution in [2.24, 2.45) is 5.10 Å². The van der Waals surface area contributed by atoms with Crippen LogP contribution in [0.3, 0.4) is 0 Å². The summed E-state index contributed by atoms with van der Waals surface area (Å²) in [5.74, 6) is 0.357. The molecule has 2 aromatic heterocycles. The Morgan fingerprint density at radius 2 is 2.04 bits per heavy atom. The highest BCUT2D eigenvalue weighted by molar-refractivity contribution is 7.17. The van der Waals surface area contributed by atoms with Crippen molar-refractivity contribution in [2.75, 3.05) is 12.4 Å². The first-order valence-corrected chi connectivity index (χ1v) is 8.66. The van der Waals surface area contributed by atoms with Crippen LogP contribution in [0.2, 0.25) is 5.15 Å². The summed E-state index contributed by atoms with van der Waals surface area (Å²) in [6.07, 6.45) is 4.52. The van der Waals surface area contributed by atoms with Crippen molar-refractivity contribution >= 4 is 45.9 Å². The number of carbonyl (C=O) groups is 1. The zero-order valence-electron chi connectivity index (χ0n) is 13.6. The van der Waals surface area contributed by atoms with Crippen LogP contribution in [0.25, 0.3) is 0 Å². The standard InChI is InChI=1S/C17H14ClN5O2S/c1-25-13-5-3-2-4-12(13)21-17-22-15(18)14(26-17)10-20-23-16(24)11-6-8-19-9-7-11/h2-10H,1H3,(H,21,22)(H,23,24)/b20-10+. The maximum atomic E-state index is 11.9. The molecule has 3 aromatic rings. The van der Waals surface area contributed by atoms with E-state index in [0.29, 0.717) is 21.3 Å². The number of nitrogens with one attached hydrogen (secondary N) is 2. The van der Waals surface area contributed by atoms with Gasteiger partial charge in [-0.25, -0.2) is 10.4 Å². The maximum Gasteiger partial charge on any atom is 0.271 e. The van der Waals surface area contributed by atoms with E-state index in [4.69, 9.17) is 16.3 Å². The van der Waals surface area contributed by atoms with E-state index in [1.54, 1.807) is 19.2 Å². The Morgan fingerprint density at radius 3 is 2.81 bits per heavy atom. The van der Waals surface area contributed by atoms with Gasteiger partial charge >= 0.3 is 0 Å². The molecule has 0 aliphatic rings. The van der Waals surface area contributed by atoms with Crippen molar-refractivity contribution in [1.29, 1.82) is 0 Å². The Balaban J connectivity index is 1.67. The highest BCUT2D eigenvalue weighted by atomic mass is 35.5. The number of thiazole rings is 1. The van der Waals surface area contributed by atoms with E-state index in [1.807, 2.05) is 24.3 Å². The number of para-hydroxylation sites is 2. The van der Waals surface area contributed by atoms with Gasteiger partial charge in [0.05, 0.1) is 23.9 Å². The molecule has 0 aliphatic carbocycles. The van der Waals surface area contributed by atoms with Gasteiger partial charge in [0.25, 0.3) is 5.91 Å². The van der Waals surface area contributed by atoms with Crippen molar-refractivity contribution in [3.05, 3.63) is 64.4 Å². The largest absolute Gasteiger partial charge is 0.495 e. The molecule has 1 amide bonds. The molecule has 0 bridgehead atoms. The molecule has 0 fully saturated rings. The lowest BCUT2D eigenvalue weighted by Gasteiger charge is -2.07. The van der Waals surface area contributed by atoms with Crippen LogP contribution in [0.4, 0.5) is 10.8 Å². The topological polar surface area (TPSA) is 88.5 Å². The molecule has 0 unspecified atom stereocenters. The van der Waals surface area contributed by atoms with Crippen LogP contribution < -0.4 is 15.5 Å². The predicted octanol–water partition coefficient (Wildman–Crippen LogP) is 3.71. The van der Waals surface area contributed by atoms with Gasteiger partial charge in [0.1, 0.15) is 5.75 Å². The molecule has 0 atom stereocenters. The first-order chi connectivity index (χ1) is 12.7. The summed E-state index contributed by atoms with van der Waals surface area (Å²) >= 11 is 7.43. The summed E-state index contributed by atoms with van der Waals surface area (Å²) in [5.41, 5.74) is 3.67. The highest BCUT2D eigenvalue weighted by Crippen LogP contribution is 2.31. The van der Waals surface area contributed by atoms with Gasteiger partial charge < -0.3 is 10.1 Å². The fourth-order valence-electron chi connectivity index (χ4n) is 2.03. The molecule has 0 radical (unpaired) electrons. The molecular formula is C17H14ClN5O2S. The van der Waals surface area contributed by atoms with Crippen LogP contribution in [0, 0.1) is 0 Å². The van der Waals surface area contributed by atoms with Gasteiger partial charge in [0.15, 0.2) is 10.3 Å². The van der Waals surface area contributed by atoms with E-state index in [2.05, 4.69) is 25.8 Å². The van der Waals surface area contributed by atoms with Crippen LogP contribution in [-0.4, -0.2) is 29.2 Å². The third-order valence-corrected chi connectivity index (χ3v) is 4.55. The molecule has 2 heterocycles. The van der Waals surface area contributed by atoms with Crippen LogP contribution in [-0.2, 0) is 0 Å². The summed E-state index contributed by atoms with van der Waals surface area (Å²) in [7, 11) is 1.60. The molecule has 26 heavy (non-hydrogen) atoms. The van der Waals surface area contributed by atoms with E-state index in [-0.39, 0.29) is 11.1 Å². The summed E-state index contributed by atoms with van der Waals surface area (Å²) in [6, 6.07) is 10.7. The van der Waals surface area contributed by atoms with Gasteiger partial charge in [-0.15, -0.1) is 0 Å². The van der Waals surface area contributed by atoms with Crippen LogP contribution in [0.5, 0.6) is 5.75 Å². The maximum absolute atomic E-state index is 11.9. The fourth-order valence-corrected chi connectivity index (χ4v) is 3.07. The number of amides is 1. The predicted molar refractivity (Wildman–Crippen MR) is 103 cm³/mol. The number of pyridine rings is 1. The van der Waals surface area contributed by atoms with Crippen LogP contribution in [0.1, 0.15) is 15.2 Å². The molecule has 0 spiro atoms. The monoisotopic (exact) mass is 387 g/mol. The molecule has 132 valence electrons. The number of halogens is 1. The van der Waals surface area contributed by atoms with Crippen molar-refractivity contribution in [3.8, 4) is 5.75 Å². The minimum Gasteiger partial charge on any atom is -0.495 e. The molecule has 0 saturated carbocycles. The molecule has 7 nitrogen and oxygen atoms in total. The molecule has 9 heteroatoms. The third-order valence-electron chi connectivity index (χ3n) is 3.25. The number of hydrogen-bond donors (Lipinski definition) is 2. The minimum atomic E-state index is -0.336. The summed E-state index contributed by atoms with van der Waals surface area (Å²) in [6.45, 7) is 0. The molecule has 0 aliphatic heterocycles. The lowest BCUT2D eigenvalue weighted by molar-refractivity contribution is 0.0955. The Bertz CT molecular complexity index is 930. The quantitative estimate of drug-likeness (QED) is 0.497. The third kappa shape index (κ3) is 4.35. The number of ether oxygens (including phenoxy) is 1. The van der Waals surface area contributed by atoms with Gasteiger partial charge in [0.2, 0.25) is 0 Å². The summed E-state index contributed by atoms with van der Waals surface area (Å²) < 4.78 is 5.29. The highest BCUT2D eigenvalue weighted by Gasteiger charge is 2.10. The van der Waals surface area contributed by atoms with E-state index < -0.39 is 0 Å². The van der Waals surface area contributed by atoms with Gasteiger partial charge in [-0.3, -0.25) is 9.78 Å². The smallest absolute Gasteiger partial charge is 0.271 e. The fraction of sp³-hybridized carbons (Fsp3) is 0.0588. The van der Waals surface area contributed by atoms with Crippen molar-refractivity contribution in [3.63, 3.8) is 0 Å². The Labute approximate surface area is 158 Å². The zero-order valence-corrected chi connectivity index (χ0v) is 15.2. The molecule has 0 saturated heterocycles. The zero-order chi connectivity index (χ0) is 18.4. The second-order valence-electron chi connectivity index (χ2n) is 4.93. The Hall–Kier alpha value is -2.97. The van der Waals surface area contributed by atoms with Crippen molar-refractivity contribution < 1.29 is 9.53 Å². The first kappa shape index (κ1) is 17.8. The minimum absolute atomic E-state index is 0.286. The van der Waals surface area contributed by atoms with Gasteiger partial charge in [-0.1, -0.05) is 35.1 Å². The van der Waals surface area contributed by atoms with E-state index in [9.17, 15) is 4.79 Å². The number of hydrogen-bond acceptors (Lipinski definition) is 7. The lowest BCUT2D eigenvalue weighted by Crippen LogP contribution is -2.17. The number of hydrazone groups is 1. The normalized spacial score (nSPS) is 10.7. The average molecular weight is 388 g/mol. The number of benzene rings is 1. The SMILES string of the molecule is COc1ccccc1Nc1nc(Cl)c(/C=N/NC(=O)c2ccncc2)s1. The van der Waals surface area contributed by atoms with Crippen molar-refractivity contribution in [2.45, 2.75) is 0 Å². The van der Waals surface area contributed by atoms with Gasteiger partial charge in [-0.2, -0.15) is 5.10 Å². The molecule has 2 N–H and O–H groups in total. The first-order valence-electron chi connectivity index (χ1n) is 7.47. The molecule has 3 rings (SSSR count). The number of carbonyl (C=O) groups excluding carboxylic acids is 1. The van der Waals surface area contributed by atoms with Gasteiger partial charge in [0, 0.05) is 18.0 Å². The number of aromatic nitrogens is 2. The molecular weight excluding hydrogens is 374 g/mol. The van der Waals surface area contributed by atoms with Crippen LogP contribution in [0.15, 0.2) is 53.9 Å². The number of rotatable bonds is 6. The second-order valence-corrected chi connectivity index (χ2v) is 6.32. The molecule has 1 aromatic carbocycles. The number of nitrogens with zero attached hydrogens (tertiary/aromatic N) is 3. The Morgan fingerprint density at radius 1 is 1.27 bits per heavy atom.